The Hall–Kier alpha value is -1.49. The number of sulfonamides is 1. The zero-order valence-corrected chi connectivity index (χ0v) is 10.7. The van der Waals surface area contributed by atoms with E-state index in [1.807, 2.05) is 6.07 Å². The predicted molar refractivity (Wildman–Crippen MR) is 65.7 cm³/mol. The molecule has 7 heteroatoms. The average molecular weight is 271 g/mol. The molecule has 2 N–H and O–H groups in total. The first-order chi connectivity index (χ1) is 8.42. The summed E-state index contributed by atoms with van der Waals surface area (Å²) in [6.45, 7) is 0.856. The number of nitriles is 1. The highest BCUT2D eigenvalue weighted by Gasteiger charge is 2.03. The zero-order valence-electron chi connectivity index (χ0n) is 9.90. The largest absolute Gasteiger partial charge is 0.311 e. The molecule has 0 fully saturated rings. The standard InChI is InChI=1S/C11H14FN3O2S/c1-18(16,17)15-5-4-14-8-10-6-9(7-13)2-3-11(10)12/h2-3,6,14-15H,4-5,8H2,1H3. The first-order valence-corrected chi connectivity index (χ1v) is 7.15. The summed E-state index contributed by atoms with van der Waals surface area (Å²) in [5.74, 6) is -0.391. The third-order valence-electron chi connectivity index (χ3n) is 2.16. The van der Waals surface area contributed by atoms with Crippen LogP contribution in [0.2, 0.25) is 0 Å². The molecule has 0 unspecified atom stereocenters. The highest BCUT2D eigenvalue weighted by atomic mass is 32.2. The molecule has 0 aliphatic rings. The van der Waals surface area contributed by atoms with E-state index in [4.69, 9.17) is 5.26 Å². The minimum Gasteiger partial charge on any atom is -0.311 e. The lowest BCUT2D eigenvalue weighted by Crippen LogP contribution is -2.30. The van der Waals surface area contributed by atoms with Crippen LogP contribution in [0.5, 0.6) is 0 Å². The minimum absolute atomic E-state index is 0.235. The van der Waals surface area contributed by atoms with Crippen LogP contribution >= 0.6 is 0 Å². The Morgan fingerprint density at radius 1 is 1.39 bits per heavy atom. The van der Waals surface area contributed by atoms with Crippen LogP contribution in [0.1, 0.15) is 11.1 Å². The molecule has 98 valence electrons. The van der Waals surface area contributed by atoms with E-state index in [-0.39, 0.29) is 13.1 Å². The molecule has 1 rings (SSSR count). The van der Waals surface area contributed by atoms with Crippen LogP contribution in [0.3, 0.4) is 0 Å². The van der Waals surface area contributed by atoms with Crippen molar-refractivity contribution >= 4 is 10.0 Å². The van der Waals surface area contributed by atoms with E-state index in [0.29, 0.717) is 17.7 Å². The smallest absolute Gasteiger partial charge is 0.208 e. The van der Waals surface area contributed by atoms with Crippen LogP contribution in [0, 0.1) is 17.1 Å². The lowest BCUT2D eigenvalue weighted by Gasteiger charge is -2.06. The maximum Gasteiger partial charge on any atom is 0.208 e. The van der Waals surface area contributed by atoms with Crippen LogP contribution in [0.15, 0.2) is 18.2 Å². The Kier molecular flexibility index (Phi) is 5.22. The molecular weight excluding hydrogens is 257 g/mol. The van der Waals surface area contributed by atoms with E-state index in [9.17, 15) is 12.8 Å². The number of nitrogens with zero attached hydrogens (tertiary/aromatic N) is 1. The SMILES string of the molecule is CS(=O)(=O)NCCNCc1cc(C#N)ccc1F. The quantitative estimate of drug-likeness (QED) is 0.731. The van der Waals surface area contributed by atoms with E-state index in [1.165, 1.54) is 18.2 Å². The molecule has 1 aromatic carbocycles. The first kappa shape index (κ1) is 14.6. The Labute approximate surface area is 106 Å². The average Bonchev–Trinajstić information content (AvgIpc) is 2.29. The van der Waals surface area contributed by atoms with Gasteiger partial charge in [-0.15, -0.1) is 0 Å². The van der Waals surface area contributed by atoms with Crippen LogP contribution < -0.4 is 10.0 Å². The van der Waals surface area contributed by atoms with Crippen molar-refractivity contribution in [3.63, 3.8) is 0 Å². The van der Waals surface area contributed by atoms with Crippen molar-refractivity contribution < 1.29 is 12.8 Å². The van der Waals surface area contributed by atoms with E-state index in [0.717, 1.165) is 6.26 Å². The summed E-state index contributed by atoms with van der Waals surface area (Å²) in [6.07, 6.45) is 1.07. The third kappa shape index (κ3) is 5.23. The second kappa shape index (κ2) is 6.44. The van der Waals surface area contributed by atoms with E-state index < -0.39 is 15.8 Å². The normalized spacial score (nSPS) is 11.2. The monoisotopic (exact) mass is 271 g/mol. The van der Waals surface area contributed by atoms with Crippen molar-refractivity contribution in [2.75, 3.05) is 19.3 Å². The summed E-state index contributed by atoms with van der Waals surface area (Å²) in [7, 11) is -3.20. The molecule has 0 aliphatic heterocycles. The minimum atomic E-state index is -3.20. The molecule has 0 aromatic heterocycles. The molecule has 0 amide bonds. The molecule has 0 saturated carbocycles. The Morgan fingerprint density at radius 3 is 2.72 bits per heavy atom. The van der Waals surface area contributed by atoms with Gasteiger partial charge >= 0.3 is 0 Å². The van der Waals surface area contributed by atoms with Crippen molar-refractivity contribution in [3.8, 4) is 6.07 Å². The van der Waals surface area contributed by atoms with E-state index in [2.05, 4.69) is 10.0 Å². The second-order valence-electron chi connectivity index (χ2n) is 3.76. The van der Waals surface area contributed by atoms with E-state index in [1.54, 1.807) is 0 Å². The number of nitrogens with one attached hydrogen (secondary N) is 2. The zero-order chi connectivity index (χ0) is 13.6. The third-order valence-corrected chi connectivity index (χ3v) is 2.88. The molecule has 1 aromatic rings. The molecule has 0 aliphatic carbocycles. The molecular formula is C11H14FN3O2S. The second-order valence-corrected chi connectivity index (χ2v) is 5.59. The maximum atomic E-state index is 13.3. The Balaban J connectivity index is 2.42. The molecule has 18 heavy (non-hydrogen) atoms. The molecule has 0 spiro atoms. The van der Waals surface area contributed by atoms with Crippen molar-refractivity contribution in [3.05, 3.63) is 35.1 Å². The van der Waals surface area contributed by atoms with Gasteiger partial charge in [-0.25, -0.2) is 17.5 Å². The number of benzene rings is 1. The molecule has 0 radical (unpaired) electrons. The Bertz CT molecular complexity index is 552. The van der Waals surface area contributed by atoms with Crippen molar-refractivity contribution in [1.82, 2.24) is 10.0 Å². The summed E-state index contributed by atoms with van der Waals surface area (Å²) in [5, 5.41) is 11.6. The number of hydrogen-bond acceptors (Lipinski definition) is 4. The molecule has 0 bridgehead atoms. The Morgan fingerprint density at radius 2 is 2.11 bits per heavy atom. The number of halogens is 1. The van der Waals surface area contributed by atoms with Gasteiger partial charge in [0.15, 0.2) is 0 Å². The fraction of sp³-hybridized carbons (Fsp3) is 0.364. The number of hydrogen-bond donors (Lipinski definition) is 2. The maximum absolute atomic E-state index is 13.3. The predicted octanol–water partition coefficient (Wildman–Crippen LogP) is 0.336. The van der Waals surface area contributed by atoms with Gasteiger partial charge in [0.25, 0.3) is 0 Å². The van der Waals surface area contributed by atoms with Crippen molar-refractivity contribution in [2.24, 2.45) is 0 Å². The summed E-state index contributed by atoms with van der Waals surface area (Å²) in [6, 6.07) is 6.04. The van der Waals surface area contributed by atoms with Crippen LogP contribution in [-0.2, 0) is 16.6 Å². The summed E-state index contributed by atoms with van der Waals surface area (Å²) >= 11 is 0. The van der Waals surface area contributed by atoms with Gasteiger partial charge in [0.05, 0.1) is 17.9 Å². The highest BCUT2D eigenvalue weighted by molar-refractivity contribution is 7.88. The highest BCUT2D eigenvalue weighted by Crippen LogP contribution is 2.09. The van der Waals surface area contributed by atoms with Gasteiger partial charge in [-0.2, -0.15) is 5.26 Å². The van der Waals surface area contributed by atoms with Gasteiger partial charge in [0, 0.05) is 25.2 Å². The fourth-order valence-electron chi connectivity index (χ4n) is 1.33. The molecule has 5 nitrogen and oxygen atoms in total. The van der Waals surface area contributed by atoms with Crippen LogP contribution in [-0.4, -0.2) is 27.8 Å². The molecule has 0 atom stereocenters. The van der Waals surface area contributed by atoms with Gasteiger partial charge in [0.1, 0.15) is 5.82 Å². The van der Waals surface area contributed by atoms with Gasteiger partial charge in [-0.1, -0.05) is 0 Å². The first-order valence-electron chi connectivity index (χ1n) is 5.26. The van der Waals surface area contributed by atoms with Crippen LogP contribution in [0.25, 0.3) is 0 Å². The lowest BCUT2D eigenvalue weighted by molar-refractivity contribution is 0.572. The van der Waals surface area contributed by atoms with Gasteiger partial charge in [0.2, 0.25) is 10.0 Å². The summed E-state index contributed by atoms with van der Waals surface area (Å²) in [4.78, 5) is 0. The van der Waals surface area contributed by atoms with Crippen molar-refractivity contribution in [2.45, 2.75) is 6.54 Å². The lowest BCUT2D eigenvalue weighted by atomic mass is 10.1. The number of rotatable bonds is 6. The van der Waals surface area contributed by atoms with Crippen molar-refractivity contribution in [1.29, 1.82) is 5.26 Å². The van der Waals surface area contributed by atoms with E-state index >= 15 is 0 Å². The summed E-state index contributed by atoms with van der Waals surface area (Å²) in [5.41, 5.74) is 0.774. The molecule has 0 heterocycles. The van der Waals surface area contributed by atoms with Crippen LogP contribution in [0.4, 0.5) is 4.39 Å². The van der Waals surface area contributed by atoms with Gasteiger partial charge in [-0.05, 0) is 18.2 Å². The fourth-order valence-corrected chi connectivity index (χ4v) is 1.80. The molecule has 0 saturated heterocycles. The van der Waals surface area contributed by atoms with Gasteiger partial charge < -0.3 is 5.32 Å². The summed E-state index contributed by atoms with van der Waals surface area (Å²) < 4.78 is 37.2. The topological polar surface area (TPSA) is 82.0 Å². The van der Waals surface area contributed by atoms with Gasteiger partial charge in [-0.3, -0.25) is 0 Å².